The number of halogens is 1. The quantitative estimate of drug-likeness (QED) is 0.735. The van der Waals surface area contributed by atoms with Gasteiger partial charge in [0, 0.05) is 18.6 Å². The molecule has 3 heteroatoms. The summed E-state index contributed by atoms with van der Waals surface area (Å²) in [5.41, 5.74) is 1.16. The molecule has 0 aromatic carbocycles. The Balaban J connectivity index is 1.67. The number of pyridine rings is 1. The Morgan fingerprint density at radius 2 is 1.67 bits per heavy atom. The zero-order valence-electron chi connectivity index (χ0n) is 10.6. The van der Waals surface area contributed by atoms with Crippen LogP contribution in [0.1, 0.15) is 38.5 Å². The first-order valence-corrected chi connectivity index (χ1v) is 9.37. The summed E-state index contributed by atoms with van der Waals surface area (Å²) in [6, 6.07) is 6.21. The van der Waals surface area contributed by atoms with E-state index in [2.05, 4.69) is 17.1 Å². The van der Waals surface area contributed by atoms with Crippen molar-refractivity contribution in [3.8, 4) is 0 Å². The highest BCUT2D eigenvalue weighted by Crippen LogP contribution is 2.69. The van der Waals surface area contributed by atoms with Crippen LogP contribution < -0.4 is 5.44 Å². The molecule has 1 aromatic rings. The van der Waals surface area contributed by atoms with Crippen LogP contribution in [-0.4, -0.2) is 10.1 Å². The van der Waals surface area contributed by atoms with E-state index in [1.807, 2.05) is 12.3 Å². The molecule has 18 heavy (non-hydrogen) atoms. The van der Waals surface area contributed by atoms with Gasteiger partial charge in [0.05, 0.1) is 5.44 Å². The van der Waals surface area contributed by atoms with Crippen LogP contribution in [-0.2, 0) is 0 Å². The number of aromatic nitrogens is 1. The Hall–Kier alpha value is -0.130. The van der Waals surface area contributed by atoms with Gasteiger partial charge in [0.15, 0.2) is 0 Å². The van der Waals surface area contributed by atoms with E-state index in [1.165, 1.54) is 38.5 Å². The van der Waals surface area contributed by atoms with Crippen LogP contribution in [0.15, 0.2) is 24.4 Å². The zero-order chi connectivity index (χ0) is 12.2. The summed E-state index contributed by atoms with van der Waals surface area (Å²) in [6.07, 6.45) is 10.5. The summed E-state index contributed by atoms with van der Waals surface area (Å²) in [4.78, 5) is 4.53. The van der Waals surface area contributed by atoms with Gasteiger partial charge in [-0.05, 0) is 68.4 Å². The zero-order valence-corrected chi connectivity index (χ0v) is 12.2. The molecule has 1 heterocycles. The Kier molecular flexibility index (Phi) is 2.71. The van der Waals surface area contributed by atoms with E-state index in [9.17, 15) is 0 Å². The first kappa shape index (κ1) is 11.7. The monoisotopic (exact) mass is 279 g/mol. The lowest BCUT2D eigenvalue weighted by Crippen LogP contribution is -2.49. The maximum atomic E-state index is 6.93. The van der Waals surface area contributed by atoms with E-state index in [-0.39, 0.29) is 0 Å². The minimum Gasteiger partial charge on any atom is -0.255 e. The van der Waals surface area contributed by atoms with Gasteiger partial charge in [0.25, 0.3) is 0 Å². The van der Waals surface area contributed by atoms with Gasteiger partial charge in [-0.2, -0.15) is 0 Å². The smallest absolute Gasteiger partial charge is 0.0792 e. The van der Waals surface area contributed by atoms with Crippen molar-refractivity contribution < 1.29 is 0 Å². The third-order valence-corrected chi connectivity index (χ3v) is 8.92. The van der Waals surface area contributed by atoms with Gasteiger partial charge < -0.3 is 0 Å². The summed E-state index contributed by atoms with van der Waals surface area (Å²) in [7, 11) is -0.589. The minimum atomic E-state index is -0.589. The molecule has 4 aliphatic rings. The molecule has 4 bridgehead atoms. The highest BCUT2D eigenvalue weighted by Gasteiger charge is 2.54. The van der Waals surface area contributed by atoms with Crippen molar-refractivity contribution in [3.63, 3.8) is 0 Å². The van der Waals surface area contributed by atoms with E-state index >= 15 is 0 Å². The second kappa shape index (κ2) is 4.18. The topological polar surface area (TPSA) is 12.9 Å². The molecular weight excluding hydrogens is 261 g/mol. The molecule has 0 amide bonds. The fourth-order valence-electron chi connectivity index (χ4n) is 5.02. The molecule has 4 saturated carbocycles. The summed E-state index contributed by atoms with van der Waals surface area (Å²) >= 11 is 6.93. The SMILES string of the molecule is ClP(c1ccccn1)C12CC3CC(CC(C3)C1)C2. The molecule has 5 rings (SSSR count). The van der Waals surface area contributed by atoms with E-state index in [4.69, 9.17) is 11.2 Å². The normalized spacial score (nSPS) is 43.1. The molecule has 4 aliphatic carbocycles. The fourth-order valence-corrected chi connectivity index (χ4v) is 8.07. The molecule has 0 aliphatic heterocycles. The minimum absolute atomic E-state index is 0.431. The molecule has 96 valence electrons. The predicted molar refractivity (Wildman–Crippen MR) is 77.5 cm³/mol. The summed E-state index contributed by atoms with van der Waals surface area (Å²) in [5.74, 6) is 2.93. The van der Waals surface area contributed by atoms with Crippen molar-refractivity contribution in [1.82, 2.24) is 4.98 Å². The van der Waals surface area contributed by atoms with E-state index in [0.717, 1.165) is 23.2 Å². The fraction of sp³-hybridized carbons (Fsp3) is 0.667. The molecule has 0 spiro atoms. The summed E-state index contributed by atoms with van der Waals surface area (Å²) < 4.78 is 0. The average Bonchev–Trinajstić information content (AvgIpc) is 2.37. The van der Waals surface area contributed by atoms with E-state index in [0.29, 0.717) is 5.16 Å². The van der Waals surface area contributed by atoms with Crippen LogP contribution in [0.5, 0.6) is 0 Å². The molecule has 4 fully saturated rings. The predicted octanol–water partition coefficient (Wildman–Crippen LogP) is 4.31. The summed E-state index contributed by atoms with van der Waals surface area (Å²) in [6.45, 7) is 0. The van der Waals surface area contributed by atoms with Gasteiger partial charge in [-0.15, -0.1) is 0 Å². The highest BCUT2D eigenvalue weighted by molar-refractivity contribution is 7.90. The Bertz CT molecular complexity index is 412. The van der Waals surface area contributed by atoms with E-state index < -0.39 is 7.27 Å². The van der Waals surface area contributed by atoms with Crippen molar-refractivity contribution >= 4 is 24.0 Å². The first-order chi connectivity index (χ1) is 8.75. The number of hydrogen-bond acceptors (Lipinski definition) is 1. The van der Waals surface area contributed by atoms with Gasteiger partial charge in [-0.25, -0.2) is 0 Å². The maximum Gasteiger partial charge on any atom is 0.0792 e. The number of nitrogens with zero attached hydrogens (tertiary/aromatic N) is 1. The average molecular weight is 280 g/mol. The Morgan fingerprint density at radius 3 is 2.17 bits per heavy atom. The summed E-state index contributed by atoms with van der Waals surface area (Å²) in [5, 5.41) is 0.431. The van der Waals surface area contributed by atoms with Crippen molar-refractivity contribution in [2.24, 2.45) is 17.8 Å². The second-order valence-electron chi connectivity index (χ2n) is 6.61. The number of rotatable bonds is 2. The van der Waals surface area contributed by atoms with Gasteiger partial charge in [0.2, 0.25) is 0 Å². The lowest BCUT2D eigenvalue weighted by Gasteiger charge is -2.58. The van der Waals surface area contributed by atoms with Crippen molar-refractivity contribution in [1.29, 1.82) is 0 Å². The van der Waals surface area contributed by atoms with Crippen LogP contribution in [0, 0.1) is 17.8 Å². The lowest BCUT2D eigenvalue weighted by molar-refractivity contribution is 0.0367. The third kappa shape index (κ3) is 1.74. The van der Waals surface area contributed by atoms with Crippen LogP contribution in [0.4, 0.5) is 0 Å². The molecule has 1 unspecified atom stereocenters. The Morgan fingerprint density at radius 1 is 1.06 bits per heavy atom. The van der Waals surface area contributed by atoms with Crippen LogP contribution >= 0.6 is 18.5 Å². The third-order valence-electron chi connectivity index (χ3n) is 5.27. The van der Waals surface area contributed by atoms with Gasteiger partial charge >= 0.3 is 0 Å². The lowest BCUT2D eigenvalue weighted by atomic mass is 9.56. The molecule has 0 saturated heterocycles. The van der Waals surface area contributed by atoms with E-state index in [1.54, 1.807) is 0 Å². The maximum absolute atomic E-state index is 6.93. The highest BCUT2D eigenvalue weighted by atomic mass is 35.7. The number of hydrogen-bond donors (Lipinski definition) is 0. The first-order valence-electron chi connectivity index (χ1n) is 7.12. The van der Waals surface area contributed by atoms with Crippen LogP contribution in [0.25, 0.3) is 0 Å². The largest absolute Gasteiger partial charge is 0.255 e. The van der Waals surface area contributed by atoms with Gasteiger partial charge in [-0.3, -0.25) is 4.98 Å². The molecular formula is C15H19ClNP. The molecule has 1 nitrogen and oxygen atoms in total. The van der Waals surface area contributed by atoms with Gasteiger partial charge in [-0.1, -0.05) is 17.3 Å². The van der Waals surface area contributed by atoms with Crippen molar-refractivity contribution in [2.75, 3.05) is 0 Å². The molecule has 0 N–H and O–H groups in total. The van der Waals surface area contributed by atoms with Crippen LogP contribution in [0.2, 0.25) is 0 Å². The second-order valence-corrected chi connectivity index (χ2v) is 9.59. The van der Waals surface area contributed by atoms with Gasteiger partial charge in [0.1, 0.15) is 0 Å². The van der Waals surface area contributed by atoms with Crippen molar-refractivity contribution in [3.05, 3.63) is 24.4 Å². The molecule has 1 aromatic heterocycles. The molecule has 1 atom stereocenters. The standard InChI is InChI=1S/C15H19ClNP/c16-18(14-3-1-2-4-17-14)15-8-11-5-12(9-15)7-13(6-11)10-15/h1-4,11-13H,5-10H2. The van der Waals surface area contributed by atoms with Crippen LogP contribution in [0.3, 0.4) is 0 Å². The molecule has 0 radical (unpaired) electrons. The Labute approximate surface area is 115 Å². The van der Waals surface area contributed by atoms with Crippen molar-refractivity contribution in [2.45, 2.75) is 43.7 Å².